The van der Waals surface area contributed by atoms with Gasteiger partial charge in [-0.25, -0.2) is 4.39 Å². The predicted molar refractivity (Wildman–Crippen MR) is 74.0 cm³/mol. The predicted octanol–water partition coefficient (Wildman–Crippen LogP) is 2.96. The van der Waals surface area contributed by atoms with Crippen molar-refractivity contribution >= 4 is 40.4 Å². The molecule has 0 aliphatic rings. The summed E-state index contributed by atoms with van der Waals surface area (Å²) < 4.78 is 18.6. The van der Waals surface area contributed by atoms with Crippen LogP contribution in [0.4, 0.5) is 10.1 Å². The third kappa shape index (κ3) is 3.10. The second kappa shape index (κ2) is 5.38. The number of benzene rings is 1. The molecule has 2 aromatic rings. The van der Waals surface area contributed by atoms with Crippen LogP contribution >= 0.6 is 23.8 Å². The molecule has 2 rings (SSSR count). The van der Waals surface area contributed by atoms with E-state index in [4.69, 9.17) is 34.0 Å². The van der Waals surface area contributed by atoms with Gasteiger partial charge in [-0.05, 0) is 41.9 Å². The van der Waals surface area contributed by atoms with Gasteiger partial charge in [0.2, 0.25) is 0 Å². The zero-order valence-corrected chi connectivity index (χ0v) is 11.0. The van der Waals surface area contributed by atoms with Gasteiger partial charge in [-0.3, -0.25) is 4.79 Å². The SMILES string of the molecule is NC(=S)c1ccc(NC(=O)c2ccc(Cl)o2)c(F)c1. The molecule has 0 saturated heterocycles. The first kappa shape index (κ1) is 13.5. The topological polar surface area (TPSA) is 68.3 Å². The lowest BCUT2D eigenvalue weighted by molar-refractivity contribution is 0.0996. The Hall–Kier alpha value is -1.92. The number of nitrogens with one attached hydrogen (secondary N) is 1. The maximum Gasteiger partial charge on any atom is 0.291 e. The Labute approximate surface area is 118 Å². The summed E-state index contributed by atoms with van der Waals surface area (Å²) in [4.78, 5) is 11.8. The van der Waals surface area contributed by atoms with Crippen LogP contribution in [0.15, 0.2) is 34.7 Å². The number of hydrogen-bond donors (Lipinski definition) is 2. The first-order valence-electron chi connectivity index (χ1n) is 5.13. The molecule has 7 heteroatoms. The molecule has 0 aliphatic heterocycles. The normalized spacial score (nSPS) is 10.2. The van der Waals surface area contributed by atoms with E-state index in [0.29, 0.717) is 5.56 Å². The Morgan fingerprint density at radius 2 is 2.11 bits per heavy atom. The third-order valence-electron chi connectivity index (χ3n) is 2.30. The lowest BCUT2D eigenvalue weighted by Gasteiger charge is -2.06. The average molecular weight is 299 g/mol. The quantitative estimate of drug-likeness (QED) is 0.855. The summed E-state index contributed by atoms with van der Waals surface area (Å²) in [5.74, 6) is -1.26. The van der Waals surface area contributed by atoms with E-state index in [9.17, 15) is 9.18 Å². The van der Waals surface area contributed by atoms with Gasteiger partial charge in [0, 0.05) is 5.56 Å². The van der Waals surface area contributed by atoms with Crippen molar-refractivity contribution in [1.29, 1.82) is 0 Å². The number of nitrogens with two attached hydrogens (primary N) is 1. The molecule has 1 aromatic heterocycles. The first-order chi connectivity index (χ1) is 8.97. The Balaban J connectivity index is 2.20. The standard InChI is InChI=1S/C12H8ClFN2O2S/c13-10-4-3-9(18-10)12(17)16-8-2-1-6(11(15)19)5-7(8)14/h1-5H,(H2,15,19)(H,16,17). The molecule has 98 valence electrons. The van der Waals surface area contributed by atoms with Gasteiger partial charge >= 0.3 is 0 Å². The fourth-order valence-electron chi connectivity index (χ4n) is 1.39. The smallest absolute Gasteiger partial charge is 0.291 e. The molecule has 19 heavy (non-hydrogen) atoms. The number of furan rings is 1. The van der Waals surface area contributed by atoms with Crippen molar-refractivity contribution in [2.75, 3.05) is 5.32 Å². The number of hydrogen-bond acceptors (Lipinski definition) is 3. The molecular formula is C12H8ClFN2O2S. The summed E-state index contributed by atoms with van der Waals surface area (Å²) in [6, 6.07) is 6.83. The van der Waals surface area contributed by atoms with Crippen LogP contribution in [-0.4, -0.2) is 10.9 Å². The molecule has 0 bridgehead atoms. The van der Waals surface area contributed by atoms with Crippen LogP contribution < -0.4 is 11.1 Å². The highest BCUT2D eigenvalue weighted by atomic mass is 35.5. The Morgan fingerprint density at radius 1 is 1.37 bits per heavy atom. The largest absolute Gasteiger partial charge is 0.440 e. The zero-order valence-electron chi connectivity index (χ0n) is 9.44. The molecule has 1 amide bonds. The molecule has 1 heterocycles. The lowest BCUT2D eigenvalue weighted by Crippen LogP contribution is -2.14. The van der Waals surface area contributed by atoms with Gasteiger partial charge in [0.05, 0.1) is 5.69 Å². The second-order valence-corrected chi connectivity index (χ2v) is 4.43. The van der Waals surface area contributed by atoms with E-state index >= 15 is 0 Å². The summed E-state index contributed by atoms with van der Waals surface area (Å²) in [6.45, 7) is 0. The highest BCUT2D eigenvalue weighted by molar-refractivity contribution is 7.80. The highest BCUT2D eigenvalue weighted by Gasteiger charge is 2.13. The van der Waals surface area contributed by atoms with Crippen LogP contribution in [0.1, 0.15) is 16.1 Å². The second-order valence-electron chi connectivity index (χ2n) is 3.62. The summed E-state index contributed by atoms with van der Waals surface area (Å²) >= 11 is 10.3. The van der Waals surface area contributed by atoms with Gasteiger partial charge < -0.3 is 15.5 Å². The van der Waals surface area contributed by atoms with Crippen molar-refractivity contribution < 1.29 is 13.6 Å². The van der Waals surface area contributed by atoms with Crippen molar-refractivity contribution in [1.82, 2.24) is 0 Å². The maximum atomic E-state index is 13.7. The summed E-state index contributed by atoms with van der Waals surface area (Å²) in [5, 5.41) is 2.43. The maximum absolute atomic E-state index is 13.7. The lowest BCUT2D eigenvalue weighted by atomic mass is 10.2. The summed E-state index contributed by atoms with van der Waals surface area (Å²) in [7, 11) is 0. The number of anilines is 1. The molecule has 1 aromatic carbocycles. The zero-order chi connectivity index (χ0) is 14.0. The molecule has 0 saturated carbocycles. The van der Waals surface area contributed by atoms with Crippen LogP contribution in [0.2, 0.25) is 5.22 Å². The Bertz CT molecular complexity index is 657. The minimum Gasteiger partial charge on any atom is -0.440 e. The number of carbonyl (C=O) groups is 1. The van der Waals surface area contributed by atoms with E-state index in [0.717, 1.165) is 6.07 Å². The van der Waals surface area contributed by atoms with E-state index in [-0.39, 0.29) is 21.7 Å². The average Bonchev–Trinajstić information content (AvgIpc) is 2.78. The van der Waals surface area contributed by atoms with E-state index in [1.807, 2.05) is 0 Å². The molecule has 0 atom stereocenters. The first-order valence-corrected chi connectivity index (χ1v) is 5.92. The molecule has 0 spiro atoms. The molecule has 3 N–H and O–H groups in total. The Morgan fingerprint density at radius 3 is 2.63 bits per heavy atom. The summed E-state index contributed by atoms with van der Waals surface area (Å²) in [5.41, 5.74) is 5.75. The van der Waals surface area contributed by atoms with Crippen LogP contribution in [0, 0.1) is 5.82 Å². The molecule has 0 aliphatic carbocycles. The van der Waals surface area contributed by atoms with Crippen LogP contribution in [0.5, 0.6) is 0 Å². The van der Waals surface area contributed by atoms with Gasteiger partial charge in [-0.2, -0.15) is 0 Å². The van der Waals surface area contributed by atoms with Crippen LogP contribution in [-0.2, 0) is 0 Å². The van der Waals surface area contributed by atoms with Crippen molar-refractivity contribution in [2.45, 2.75) is 0 Å². The van der Waals surface area contributed by atoms with Gasteiger partial charge in [-0.15, -0.1) is 0 Å². The van der Waals surface area contributed by atoms with Crippen molar-refractivity contribution in [2.24, 2.45) is 5.73 Å². The molecule has 0 unspecified atom stereocenters. The van der Waals surface area contributed by atoms with Gasteiger partial charge in [0.1, 0.15) is 10.8 Å². The Kier molecular flexibility index (Phi) is 3.82. The van der Waals surface area contributed by atoms with Crippen LogP contribution in [0.3, 0.4) is 0 Å². The fraction of sp³-hybridized carbons (Fsp3) is 0. The van der Waals surface area contributed by atoms with Gasteiger partial charge in [-0.1, -0.05) is 12.2 Å². The van der Waals surface area contributed by atoms with E-state index in [2.05, 4.69) is 5.32 Å². The van der Waals surface area contributed by atoms with Gasteiger partial charge in [0.25, 0.3) is 5.91 Å². The number of halogens is 2. The van der Waals surface area contributed by atoms with E-state index in [1.165, 1.54) is 24.3 Å². The molecule has 4 nitrogen and oxygen atoms in total. The number of carbonyl (C=O) groups excluding carboxylic acids is 1. The highest BCUT2D eigenvalue weighted by Crippen LogP contribution is 2.18. The minimum absolute atomic E-state index is 0.00229. The number of amides is 1. The summed E-state index contributed by atoms with van der Waals surface area (Å²) in [6.07, 6.45) is 0. The number of thiocarbonyl (C=S) groups is 1. The monoisotopic (exact) mass is 298 g/mol. The van der Waals surface area contributed by atoms with Crippen molar-refractivity contribution in [3.63, 3.8) is 0 Å². The third-order valence-corrected chi connectivity index (χ3v) is 2.74. The van der Waals surface area contributed by atoms with Crippen molar-refractivity contribution in [3.05, 3.63) is 52.7 Å². The van der Waals surface area contributed by atoms with Crippen LogP contribution in [0.25, 0.3) is 0 Å². The van der Waals surface area contributed by atoms with E-state index in [1.54, 1.807) is 0 Å². The van der Waals surface area contributed by atoms with Gasteiger partial charge in [0.15, 0.2) is 11.0 Å². The fourth-order valence-corrected chi connectivity index (χ4v) is 1.66. The molecule has 0 radical (unpaired) electrons. The van der Waals surface area contributed by atoms with E-state index < -0.39 is 11.7 Å². The van der Waals surface area contributed by atoms with Crippen molar-refractivity contribution in [3.8, 4) is 0 Å². The number of rotatable bonds is 3. The minimum atomic E-state index is -0.642. The molecule has 0 fully saturated rings. The molecular weight excluding hydrogens is 291 g/mol.